The van der Waals surface area contributed by atoms with Crippen LogP contribution in [0.15, 0.2) is 18.2 Å². The van der Waals surface area contributed by atoms with Gasteiger partial charge in [-0.15, -0.1) is 0 Å². The van der Waals surface area contributed by atoms with Crippen molar-refractivity contribution in [1.82, 2.24) is 15.5 Å². The Morgan fingerprint density at radius 1 is 1.30 bits per heavy atom. The van der Waals surface area contributed by atoms with Crippen LogP contribution < -0.4 is 10.6 Å². The van der Waals surface area contributed by atoms with Gasteiger partial charge in [0.15, 0.2) is 0 Å². The van der Waals surface area contributed by atoms with E-state index < -0.39 is 11.6 Å². The van der Waals surface area contributed by atoms with E-state index in [1.165, 1.54) is 31.0 Å². The number of nitrogens with zero attached hydrogens (tertiary/aromatic N) is 1. The number of carbonyl (C=O) groups excluding carboxylic acids is 1. The molecule has 3 unspecified atom stereocenters. The third kappa shape index (κ3) is 5.72. The van der Waals surface area contributed by atoms with E-state index in [-0.39, 0.29) is 24.1 Å². The second-order valence-corrected chi connectivity index (χ2v) is 8.13. The summed E-state index contributed by atoms with van der Waals surface area (Å²) in [5.41, 5.74) is 0.114. The number of halogens is 2. The van der Waals surface area contributed by atoms with Crippen LogP contribution >= 0.6 is 0 Å². The van der Waals surface area contributed by atoms with E-state index in [2.05, 4.69) is 17.6 Å². The average molecular weight is 379 g/mol. The third-order valence-corrected chi connectivity index (χ3v) is 5.96. The molecule has 27 heavy (non-hydrogen) atoms. The number of rotatable bonds is 6. The molecule has 2 heterocycles. The summed E-state index contributed by atoms with van der Waals surface area (Å²) < 4.78 is 27.8. The number of likely N-dealkylation sites (tertiary alicyclic amines) is 1. The predicted octanol–water partition coefficient (Wildman–Crippen LogP) is 3.07. The second kappa shape index (κ2) is 9.60. The summed E-state index contributed by atoms with van der Waals surface area (Å²) in [5, 5.41) is 6.55. The summed E-state index contributed by atoms with van der Waals surface area (Å²) in [6.45, 7) is 5.92. The van der Waals surface area contributed by atoms with Crippen molar-refractivity contribution in [2.24, 2.45) is 11.8 Å². The molecule has 1 aromatic carbocycles. The van der Waals surface area contributed by atoms with Crippen LogP contribution in [0.2, 0.25) is 0 Å². The lowest BCUT2D eigenvalue weighted by Gasteiger charge is -2.34. The highest BCUT2D eigenvalue weighted by Gasteiger charge is 2.26. The van der Waals surface area contributed by atoms with Crippen LogP contribution in [0.25, 0.3) is 0 Å². The van der Waals surface area contributed by atoms with E-state index in [0.717, 1.165) is 32.5 Å². The second-order valence-electron chi connectivity index (χ2n) is 8.13. The topological polar surface area (TPSA) is 44.4 Å². The van der Waals surface area contributed by atoms with Crippen molar-refractivity contribution < 1.29 is 13.6 Å². The van der Waals surface area contributed by atoms with Crippen LogP contribution in [-0.4, -0.2) is 43.0 Å². The van der Waals surface area contributed by atoms with Gasteiger partial charge in [-0.3, -0.25) is 9.69 Å². The Balaban J connectivity index is 1.48. The summed E-state index contributed by atoms with van der Waals surface area (Å²) in [6.07, 6.45) is 4.75. The fraction of sp³-hybridized carbons (Fsp3) is 0.667. The van der Waals surface area contributed by atoms with Gasteiger partial charge in [-0.1, -0.05) is 13.0 Å². The minimum absolute atomic E-state index is 0.0535. The Morgan fingerprint density at radius 3 is 2.78 bits per heavy atom. The molecule has 0 aliphatic carbocycles. The standard InChI is InChI=1S/C21H31F2N3O/c1-15(16-5-3-9-24-12-16)11-21(27)25-17-6-4-10-26(13-17)14-18-19(22)7-2-8-20(18)23/h2,7-8,15-17,24H,3-6,9-14H2,1H3,(H,25,27). The normalized spacial score (nSPS) is 25.1. The number of amides is 1. The van der Waals surface area contributed by atoms with Crippen LogP contribution in [0, 0.1) is 23.5 Å². The van der Waals surface area contributed by atoms with E-state index in [1.54, 1.807) is 0 Å². The molecule has 0 spiro atoms. The monoisotopic (exact) mass is 379 g/mol. The van der Waals surface area contributed by atoms with E-state index in [9.17, 15) is 13.6 Å². The first-order chi connectivity index (χ1) is 13.0. The van der Waals surface area contributed by atoms with Crippen molar-refractivity contribution in [3.05, 3.63) is 35.4 Å². The Hall–Kier alpha value is -1.53. The van der Waals surface area contributed by atoms with Crippen molar-refractivity contribution in [2.45, 2.75) is 51.6 Å². The van der Waals surface area contributed by atoms with Crippen molar-refractivity contribution >= 4 is 5.91 Å². The molecule has 0 bridgehead atoms. The van der Waals surface area contributed by atoms with Crippen LogP contribution in [0.1, 0.15) is 44.6 Å². The quantitative estimate of drug-likeness (QED) is 0.798. The van der Waals surface area contributed by atoms with Crippen LogP contribution in [0.3, 0.4) is 0 Å². The van der Waals surface area contributed by atoms with Gasteiger partial charge in [0.2, 0.25) is 5.91 Å². The maximum absolute atomic E-state index is 13.9. The Labute approximate surface area is 160 Å². The van der Waals surface area contributed by atoms with Gasteiger partial charge >= 0.3 is 0 Å². The highest BCUT2D eigenvalue weighted by atomic mass is 19.1. The van der Waals surface area contributed by atoms with E-state index in [1.807, 2.05) is 4.90 Å². The van der Waals surface area contributed by atoms with Crippen LogP contribution in [-0.2, 0) is 11.3 Å². The van der Waals surface area contributed by atoms with Gasteiger partial charge in [0.05, 0.1) is 0 Å². The molecule has 1 aromatic rings. The minimum atomic E-state index is -0.504. The first kappa shape index (κ1) is 20.2. The number of carbonyl (C=O) groups is 1. The maximum atomic E-state index is 13.9. The maximum Gasteiger partial charge on any atom is 0.220 e. The predicted molar refractivity (Wildman–Crippen MR) is 102 cm³/mol. The smallest absolute Gasteiger partial charge is 0.220 e. The molecule has 2 saturated heterocycles. The van der Waals surface area contributed by atoms with Crippen molar-refractivity contribution in [3.63, 3.8) is 0 Å². The minimum Gasteiger partial charge on any atom is -0.352 e. The first-order valence-corrected chi connectivity index (χ1v) is 10.2. The van der Waals surface area contributed by atoms with Gasteiger partial charge in [0.25, 0.3) is 0 Å². The fourth-order valence-corrected chi connectivity index (χ4v) is 4.33. The summed E-state index contributed by atoms with van der Waals surface area (Å²) in [7, 11) is 0. The van der Waals surface area contributed by atoms with Gasteiger partial charge in [-0.05, 0) is 69.3 Å². The first-order valence-electron chi connectivity index (χ1n) is 10.2. The molecule has 3 rings (SSSR count). The summed E-state index contributed by atoms with van der Waals surface area (Å²) in [5.74, 6) is 0.0190. The zero-order valence-electron chi connectivity index (χ0n) is 16.1. The fourth-order valence-electron chi connectivity index (χ4n) is 4.33. The molecule has 4 nitrogen and oxygen atoms in total. The zero-order chi connectivity index (χ0) is 19.2. The van der Waals surface area contributed by atoms with Gasteiger partial charge < -0.3 is 10.6 Å². The SMILES string of the molecule is CC(CC(=O)NC1CCCN(Cc2c(F)cccc2F)C1)C1CCCNC1. The number of benzene rings is 1. The highest BCUT2D eigenvalue weighted by molar-refractivity contribution is 5.76. The molecule has 2 aliphatic rings. The zero-order valence-corrected chi connectivity index (χ0v) is 16.1. The Kier molecular flexibility index (Phi) is 7.19. The molecule has 0 aromatic heterocycles. The summed E-state index contributed by atoms with van der Waals surface area (Å²) in [6, 6.07) is 4.03. The molecule has 2 N–H and O–H groups in total. The molecule has 2 fully saturated rings. The lowest BCUT2D eigenvalue weighted by atomic mass is 9.85. The molecule has 3 atom stereocenters. The number of piperidine rings is 2. The van der Waals surface area contributed by atoms with Gasteiger partial charge in [0.1, 0.15) is 11.6 Å². The summed E-state index contributed by atoms with van der Waals surface area (Å²) in [4.78, 5) is 14.5. The Bertz CT molecular complexity index is 614. The largest absolute Gasteiger partial charge is 0.352 e. The Morgan fingerprint density at radius 2 is 2.07 bits per heavy atom. The van der Waals surface area contributed by atoms with Gasteiger partial charge in [-0.2, -0.15) is 0 Å². The third-order valence-electron chi connectivity index (χ3n) is 5.96. The number of hydrogen-bond donors (Lipinski definition) is 2. The molecule has 2 aliphatic heterocycles. The van der Waals surface area contributed by atoms with Crippen molar-refractivity contribution in [3.8, 4) is 0 Å². The van der Waals surface area contributed by atoms with E-state index >= 15 is 0 Å². The van der Waals surface area contributed by atoms with E-state index in [0.29, 0.717) is 24.8 Å². The molecule has 0 saturated carbocycles. The lowest BCUT2D eigenvalue weighted by Crippen LogP contribution is -2.48. The highest BCUT2D eigenvalue weighted by Crippen LogP contribution is 2.23. The lowest BCUT2D eigenvalue weighted by molar-refractivity contribution is -0.123. The molecular formula is C21H31F2N3O. The van der Waals surface area contributed by atoms with Crippen molar-refractivity contribution in [2.75, 3.05) is 26.2 Å². The van der Waals surface area contributed by atoms with E-state index in [4.69, 9.17) is 0 Å². The number of hydrogen-bond acceptors (Lipinski definition) is 3. The molecule has 6 heteroatoms. The van der Waals surface area contributed by atoms with Crippen LogP contribution in [0.4, 0.5) is 8.78 Å². The van der Waals surface area contributed by atoms with Gasteiger partial charge in [0, 0.05) is 31.1 Å². The van der Waals surface area contributed by atoms with Gasteiger partial charge in [-0.25, -0.2) is 8.78 Å². The molecule has 1 amide bonds. The molecule has 0 radical (unpaired) electrons. The van der Waals surface area contributed by atoms with Crippen LogP contribution in [0.5, 0.6) is 0 Å². The molecule has 150 valence electrons. The number of nitrogens with one attached hydrogen (secondary N) is 2. The summed E-state index contributed by atoms with van der Waals surface area (Å²) >= 11 is 0. The molecular weight excluding hydrogens is 348 g/mol. The van der Waals surface area contributed by atoms with Crippen molar-refractivity contribution in [1.29, 1.82) is 0 Å². The average Bonchev–Trinajstić information content (AvgIpc) is 2.66.